The van der Waals surface area contributed by atoms with Crippen LogP contribution in [-0.2, 0) is 9.53 Å². The Labute approximate surface area is 245 Å². The Morgan fingerprint density at radius 3 is 2.50 bits per heavy atom. The molecule has 11 heteroatoms. The van der Waals surface area contributed by atoms with Gasteiger partial charge in [0, 0.05) is 23.3 Å². The van der Waals surface area contributed by atoms with Gasteiger partial charge in [-0.1, -0.05) is 29.5 Å². The molecule has 214 valence electrons. The molecule has 5 rings (SSSR count). The van der Waals surface area contributed by atoms with E-state index in [1.165, 1.54) is 17.7 Å². The predicted molar refractivity (Wildman–Crippen MR) is 159 cm³/mol. The molecule has 0 bridgehead atoms. The first kappa shape index (κ1) is 28.5. The van der Waals surface area contributed by atoms with Crippen LogP contribution in [0.4, 0.5) is 11.4 Å². The van der Waals surface area contributed by atoms with Crippen molar-refractivity contribution in [1.82, 2.24) is 4.57 Å². The number of benzene rings is 3. The van der Waals surface area contributed by atoms with Crippen LogP contribution >= 0.6 is 11.3 Å². The first-order valence-electron chi connectivity index (χ1n) is 13.1. The second-order valence-corrected chi connectivity index (χ2v) is 10.2. The number of rotatable bonds is 8. The molecule has 0 radical (unpaired) electrons. The van der Waals surface area contributed by atoms with Gasteiger partial charge in [0.05, 0.1) is 48.0 Å². The number of allylic oxidation sites excluding steroid dienone is 1. The van der Waals surface area contributed by atoms with E-state index >= 15 is 0 Å². The number of phenols is 1. The monoisotopic (exact) mass is 584 g/mol. The molecular weight excluding hydrogens is 556 g/mol. The van der Waals surface area contributed by atoms with Crippen LogP contribution in [0.25, 0.3) is 6.08 Å². The number of aromatic nitrogens is 1. The zero-order chi connectivity index (χ0) is 29.8. The molecule has 0 spiro atoms. The SMILES string of the molecule is CCOC(=O)C1=C(C)N=c2s/c(=C\c3ccc(N=Nc4ccccc4)cc3O)c(=O)n2[C@@H]1c1ccc(OC)cc1OC. The van der Waals surface area contributed by atoms with E-state index < -0.39 is 12.0 Å². The summed E-state index contributed by atoms with van der Waals surface area (Å²) in [4.78, 5) is 32.1. The van der Waals surface area contributed by atoms with Gasteiger partial charge in [-0.2, -0.15) is 10.2 Å². The number of phenolic OH excluding ortho intramolecular Hbond substituents is 1. The zero-order valence-corrected chi connectivity index (χ0v) is 24.2. The minimum atomic E-state index is -0.863. The van der Waals surface area contributed by atoms with E-state index in [0.29, 0.717) is 49.0 Å². The minimum Gasteiger partial charge on any atom is -0.507 e. The number of thiazole rings is 1. The Kier molecular flexibility index (Phi) is 8.30. The summed E-state index contributed by atoms with van der Waals surface area (Å²) in [5.74, 6) is 0.350. The fraction of sp³-hybridized carbons (Fsp3) is 0.194. The quantitative estimate of drug-likeness (QED) is 0.231. The Bertz CT molecular complexity index is 1890. The van der Waals surface area contributed by atoms with Crippen molar-refractivity contribution in [3.63, 3.8) is 0 Å². The molecule has 0 aliphatic carbocycles. The van der Waals surface area contributed by atoms with Crippen molar-refractivity contribution in [1.29, 1.82) is 0 Å². The molecule has 0 amide bonds. The molecule has 42 heavy (non-hydrogen) atoms. The molecule has 0 saturated carbocycles. The van der Waals surface area contributed by atoms with Gasteiger partial charge in [-0.05, 0) is 56.3 Å². The third kappa shape index (κ3) is 5.59. The van der Waals surface area contributed by atoms with Crippen LogP contribution in [0.5, 0.6) is 17.2 Å². The largest absolute Gasteiger partial charge is 0.507 e. The predicted octanol–water partition coefficient (Wildman–Crippen LogP) is 4.94. The van der Waals surface area contributed by atoms with Crippen molar-refractivity contribution >= 4 is 34.8 Å². The van der Waals surface area contributed by atoms with Crippen molar-refractivity contribution < 1.29 is 24.1 Å². The maximum Gasteiger partial charge on any atom is 0.338 e. The lowest BCUT2D eigenvalue weighted by molar-refractivity contribution is -0.139. The first-order chi connectivity index (χ1) is 20.3. The zero-order valence-electron chi connectivity index (χ0n) is 23.4. The highest BCUT2D eigenvalue weighted by Gasteiger charge is 2.35. The summed E-state index contributed by atoms with van der Waals surface area (Å²) in [5.41, 5.74) is 2.40. The average Bonchev–Trinajstić information content (AvgIpc) is 3.30. The second-order valence-electron chi connectivity index (χ2n) is 9.19. The highest BCUT2D eigenvalue weighted by Crippen LogP contribution is 2.37. The van der Waals surface area contributed by atoms with Crippen LogP contribution in [0, 0.1) is 0 Å². The number of hydrogen-bond acceptors (Lipinski definition) is 10. The molecule has 0 unspecified atom stereocenters. The minimum absolute atomic E-state index is 0.0675. The number of aromatic hydroxyl groups is 1. The number of fused-ring (bicyclic) bond motifs is 1. The molecule has 1 aliphatic heterocycles. The number of carbonyl (C=O) groups excluding carboxylic acids is 1. The van der Waals surface area contributed by atoms with E-state index in [-0.39, 0.29) is 23.5 Å². The molecule has 4 aromatic rings. The lowest BCUT2D eigenvalue weighted by atomic mass is 9.95. The summed E-state index contributed by atoms with van der Waals surface area (Å²) in [7, 11) is 3.05. The normalized spacial score (nSPS) is 15.0. The van der Waals surface area contributed by atoms with Gasteiger partial charge in [-0.15, -0.1) is 0 Å². The van der Waals surface area contributed by atoms with Gasteiger partial charge in [0.2, 0.25) is 0 Å². The van der Waals surface area contributed by atoms with Crippen LogP contribution in [-0.4, -0.2) is 36.5 Å². The molecule has 1 aromatic heterocycles. The number of hydrogen-bond donors (Lipinski definition) is 1. The van der Waals surface area contributed by atoms with Gasteiger partial charge >= 0.3 is 5.97 Å². The van der Waals surface area contributed by atoms with E-state index in [9.17, 15) is 14.7 Å². The van der Waals surface area contributed by atoms with Crippen LogP contribution < -0.4 is 24.4 Å². The molecular formula is C31H28N4O6S. The fourth-order valence-corrected chi connectivity index (χ4v) is 5.64. The van der Waals surface area contributed by atoms with Crippen molar-refractivity contribution in [2.24, 2.45) is 15.2 Å². The van der Waals surface area contributed by atoms with Gasteiger partial charge in [0.1, 0.15) is 23.3 Å². The van der Waals surface area contributed by atoms with Gasteiger partial charge in [0.15, 0.2) is 4.80 Å². The number of ether oxygens (including phenoxy) is 3. The van der Waals surface area contributed by atoms with Gasteiger partial charge in [0.25, 0.3) is 5.56 Å². The number of nitrogens with zero attached hydrogens (tertiary/aromatic N) is 4. The summed E-state index contributed by atoms with van der Waals surface area (Å²) in [6.45, 7) is 3.58. The summed E-state index contributed by atoms with van der Waals surface area (Å²) in [6.07, 6.45) is 1.59. The van der Waals surface area contributed by atoms with Crippen molar-refractivity contribution in [3.8, 4) is 17.2 Å². The first-order valence-corrected chi connectivity index (χ1v) is 13.9. The van der Waals surface area contributed by atoms with Crippen molar-refractivity contribution in [2.45, 2.75) is 19.9 Å². The number of esters is 1. The Balaban J connectivity index is 1.62. The standard InChI is InChI=1S/C31H28N4O6S/c1-5-41-30(38)27-18(2)32-31-35(28(27)23-14-13-22(39-3)17-25(23)40-4)29(37)26(42-31)15-19-11-12-21(16-24(19)36)34-33-20-9-7-6-8-10-20/h6-17,28,36H,5H2,1-4H3/b26-15-,34-33?/t28-/m1/s1. The second kappa shape index (κ2) is 12.2. The number of methoxy groups -OCH3 is 2. The number of carbonyl (C=O) groups is 1. The van der Waals surface area contributed by atoms with Gasteiger partial charge in [-0.25, -0.2) is 9.79 Å². The third-order valence-electron chi connectivity index (χ3n) is 6.59. The summed E-state index contributed by atoms with van der Waals surface area (Å²) >= 11 is 1.15. The summed E-state index contributed by atoms with van der Waals surface area (Å²) in [5, 5.41) is 19.1. The lowest BCUT2D eigenvalue weighted by Gasteiger charge is -2.26. The molecule has 1 aliphatic rings. The van der Waals surface area contributed by atoms with E-state index in [0.717, 1.165) is 11.3 Å². The Hall–Kier alpha value is -5.03. The van der Waals surface area contributed by atoms with E-state index in [2.05, 4.69) is 15.2 Å². The van der Waals surface area contributed by atoms with Crippen molar-refractivity contribution in [2.75, 3.05) is 20.8 Å². The van der Waals surface area contributed by atoms with Crippen LogP contribution in [0.15, 0.2) is 98.0 Å². The maximum atomic E-state index is 13.9. The Morgan fingerprint density at radius 1 is 1.05 bits per heavy atom. The highest BCUT2D eigenvalue weighted by molar-refractivity contribution is 7.07. The van der Waals surface area contributed by atoms with Crippen LogP contribution in [0.3, 0.4) is 0 Å². The molecule has 0 saturated heterocycles. The van der Waals surface area contributed by atoms with Crippen LogP contribution in [0.1, 0.15) is 31.0 Å². The summed E-state index contributed by atoms with van der Waals surface area (Å²) < 4.78 is 18.1. The van der Waals surface area contributed by atoms with Gasteiger partial charge in [-0.3, -0.25) is 9.36 Å². The summed E-state index contributed by atoms with van der Waals surface area (Å²) in [6, 6.07) is 18.4. The molecule has 1 atom stereocenters. The Morgan fingerprint density at radius 2 is 1.81 bits per heavy atom. The maximum absolute atomic E-state index is 13.9. The topological polar surface area (TPSA) is 124 Å². The molecule has 10 nitrogen and oxygen atoms in total. The smallest absolute Gasteiger partial charge is 0.338 e. The third-order valence-corrected chi connectivity index (χ3v) is 7.57. The van der Waals surface area contributed by atoms with E-state index in [1.54, 1.807) is 57.4 Å². The average molecular weight is 585 g/mol. The van der Waals surface area contributed by atoms with Gasteiger partial charge < -0.3 is 19.3 Å². The molecule has 0 fully saturated rings. The molecule has 1 N–H and O–H groups in total. The highest BCUT2D eigenvalue weighted by atomic mass is 32.1. The molecule has 2 heterocycles. The molecule has 3 aromatic carbocycles. The number of azo groups is 1. The van der Waals surface area contributed by atoms with Crippen molar-refractivity contribution in [3.05, 3.63) is 109 Å². The van der Waals surface area contributed by atoms with E-state index in [1.807, 2.05) is 30.3 Å². The van der Waals surface area contributed by atoms with Crippen LogP contribution in [0.2, 0.25) is 0 Å². The fourth-order valence-electron chi connectivity index (χ4n) is 4.60. The van der Waals surface area contributed by atoms with E-state index in [4.69, 9.17) is 14.2 Å². The lowest BCUT2D eigenvalue weighted by Crippen LogP contribution is -2.40.